The maximum absolute atomic E-state index is 11.9. The number of carbonyl (C=O) groups is 1. The Hall–Kier alpha value is -2.24. The number of benzene rings is 1. The number of thiophene rings is 1. The minimum absolute atomic E-state index is 0.0625. The summed E-state index contributed by atoms with van der Waals surface area (Å²) in [7, 11) is 0. The molecule has 2 atom stereocenters. The van der Waals surface area contributed by atoms with Crippen LogP contribution in [0.15, 0.2) is 54.9 Å². The van der Waals surface area contributed by atoms with E-state index in [2.05, 4.69) is 34.1 Å². The summed E-state index contributed by atoms with van der Waals surface area (Å²) < 4.78 is 1.23. The fourth-order valence-corrected chi connectivity index (χ4v) is 4.94. The lowest BCUT2D eigenvalue weighted by atomic mass is 9.96. The Bertz CT molecular complexity index is 845. The molecule has 1 saturated heterocycles. The van der Waals surface area contributed by atoms with Gasteiger partial charge in [0.25, 0.3) is 0 Å². The molecule has 0 radical (unpaired) electrons. The van der Waals surface area contributed by atoms with Crippen molar-refractivity contribution in [2.24, 2.45) is 0 Å². The van der Waals surface area contributed by atoms with Gasteiger partial charge in [-0.3, -0.25) is 14.7 Å². The molecule has 3 aromatic rings. The van der Waals surface area contributed by atoms with Gasteiger partial charge in [0, 0.05) is 22.0 Å². The Labute approximate surface area is 150 Å². The minimum atomic E-state index is -0.727. The summed E-state index contributed by atoms with van der Waals surface area (Å²) in [6.07, 6.45) is 6.33. The molecule has 5 heteroatoms. The normalized spacial score (nSPS) is 19.8. The molecular formula is C20H20N2O2S. The Morgan fingerprint density at radius 1 is 1.24 bits per heavy atom. The first kappa shape index (κ1) is 16.2. The van der Waals surface area contributed by atoms with E-state index >= 15 is 0 Å². The van der Waals surface area contributed by atoms with Gasteiger partial charge >= 0.3 is 5.97 Å². The van der Waals surface area contributed by atoms with Gasteiger partial charge in [-0.15, -0.1) is 11.3 Å². The molecular weight excluding hydrogens is 332 g/mol. The van der Waals surface area contributed by atoms with Crippen LogP contribution in [0.25, 0.3) is 10.1 Å². The van der Waals surface area contributed by atoms with Gasteiger partial charge in [0.2, 0.25) is 0 Å². The van der Waals surface area contributed by atoms with Crippen molar-refractivity contribution < 1.29 is 9.90 Å². The molecule has 0 spiro atoms. The maximum atomic E-state index is 11.9. The molecule has 3 heterocycles. The van der Waals surface area contributed by atoms with Crippen LogP contribution in [0.2, 0.25) is 0 Å². The number of hydrogen-bond donors (Lipinski definition) is 1. The number of piperidine rings is 1. The number of carboxylic acids is 1. The van der Waals surface area contributed by atoms with E-state index in [1.165, 1.54) is 15.0 Å². The quantitative estimate of drug-likeness (QED) is 0.759. The Balaban J connectivity index is 1.82. The molecule has 4 nitrogen and oxygen atoms in total. The summed E-state index contributed by atoms with van der Waals surface area (Å²) in [5.74, 6) is -0.727. The average molecular weight is 352 g/mol. The molecule has 4 rings (SSSR count). The van der Waals surface area contributed by atoms with Crippen molar-refractivity contribution in [1.29, 1.82) is 0 Å². The summed E-state index contributed by atoms with van der Waals surface area (Å²) in [4.78, 5) is 19.5. The van der Waals surface area contributed by atoms with Crippen LogP contribution in [0.1, 0.15) is 35.7 Å². The number of pyridine rings is 1. The molecule has 0 aliphatic carbocycles. The van der Waals surface area contributed by atoms with E-state index in [0.29, 0.717) is 6.42 Å². The number of aromatic nitrogens is 1. The minimum Gasteiger partial charge on any atom is -0.480 e. The smallest absolute Gasteiger partial charge is 0.320 e. The predicted molar refractivity (Wildman–Crippen MR) is 99.9 cm³/mol. The highest BCUT2D eigenvalue weighted by molar-refractivity contribution is 7.19. The van der Waals surface area contributed by atoms with Crippen molar-refractivity contribution in [3.05, 3.63) is 65.3 Å². The molecule has 1 aromatic carbocycles. The van der Waals surface area contributed by atoms with Gasteiger partial charge in [-0.2, -0.15) is 0 Å². The van der Waals surface area contributed by atoms with Crippen LogP contribution in [0.3, 0.4) is 0 Å². The first-order chi connectivity index (χ1) is 12.2. The third kappa shape index (κ3) is 3.17. The Morgan fingerprint density at radius 2 is 2.12 bits per heavy atom. The van der Waals surface area contributed by atoms with Gasteiger partial charge < -0.3 is 5.11 Å². The zero-order valence-electron chi connectivity index (χ0n) is 13.8. The van der Waals surface area contributed by atoms with E-state index in [-0.39, 0.29) is 6.04 Å². The highest BCUT2D eigenvalue weighted by atomic mass is 32.1. The average Bonchev–Trinajstić information content (AvgIpc) is 3.06. The monoisotopic (exact) mass is 352 g/mol. The second-order valence-electron chi connectivity index (χ2n) is 6.46. The topological polar surface area (TPSA) is 53.4 Å². The van der Waals surface area contributed by atoms with Crippen LogP contribution in [0, 0.1) is 0 Å². The van der Waals surface area contributed by atoms with Crippen molar-refractivity contribution in [1.82, 2.24) is 9.88 Å². The van der Waals surface area contributed by atoms with E-state index in [4.69, 9.17) is 0 Å². The van der Waals surface area contributed by atoms with Crippen molar-refractivity contribution in [3.63, 3.8) is 0 Å². The first-order valence-electron chi connectivity index (χ1n) is 8.61. The van der Waals surface area contributed by atoms with Crippen LogP contribution in [-0.2, 0) is 4.79 Å². The molecule has 1 aliphatic rings. The van der Waals surface area contributed by atoms with Gasteiger partial charge in [0.15, 0.2) is 0 Å². The van der Waals surface area contributed by atoms with E-state index in [0.717, 1.165) is 24.9 Å². The number of fused-ring (bicyclic) bond motifs is 1. The van der Waals surface area contributed by atoms with Crippen molar-refractivity contribution in [2.45, 2.75) is 31.3 Å². The van der Waals surface area contributed by atoms with Crippen LogP contribution in [-0.4, -0.2) is 33.5 Å². The molecule has 0 bridgehead atoms. The second kappa shape index (κ2) is 6.94. The number of rotatable bonds is 4. The van der Waals surface area contributed by atoms with Crippen LogP contribution in [0.5, 0.6) is 0 Å². The summed E-state index contributed by atoms with van der Waals surface area (Å²) >= 11 is 1.75. The standard InChI is InChI=1S/C20H20N2O2S/c23-20(24)16-8-3-4-11-22(16)19(15-7-5-10-21-13-15)18-12-14-6-1-2-9-17(14)25-18/h1-2,5-7,9-10,12-13,16,19H,3-4,8,11H2,(H,23,24). The fourth-order valence-electron chi connectivity index (χ4n) is 3.72. The van der Waals surface area contributed by atoms with Gasteiger partial charge in [0.1, 0.15) is 6.04 Å². The maximum Gasteiger partial charge on any atom is 0.320 e. The summed E-state index contributed by atoms with van der Waals surface area (Å²) in [5.41, 5.74) is 1.06. The zero-order valence-corrected chi connectivity index (χ0v) is 14.7. The lowest BCUT2D eigenvalue weighted by Crippen LogP contribution is -2.46. The number of likely N-dealkylation sites (tertiary alicyclic amines) is 1. The molecule has 25 heavy (non-hydrogen) atoms. The summed E-state index contributed by atoms with van der Waals surface area (Å²) in [6.45, 7) is 0.796. The fraction of sp³-hybridized carbons (Fsp3) is 0.300. The van der Waals surface area contributed by atoms with E-state index in [1.807, 2.05) is 24.4 Å². The lowest BCUT2D eigenvalue weighted by molar-refractivity contribution is -0.145. The Kier molecular flexibility index (Phi) is 4.51. The molecule has 2 unspecified atom stereocenters. The predicted octanol–water partition coefficient (Wildman–Crippen LogP) is 4.32. The van der Waals surface area contributed by atoms with Gasteiger partial charge in [-0.05, 0) is 48.5 Å². The van der Waals surface area contributed by atoms with Gasteiger partial charge in [0.05, 0.1) is 6.04 Å². The zero-order chi connectivity index (χ0) is 17.2. The van der Waals surface area contributed by atoms with Gasteiger partial charge in [-0.25, -0.2) is 0 Å². The highest BCUT2D eigenvalue weighted by Gasteiger charge is 2.35. The van der Waals surface area contributed by atoms with E-state index in [9.17, 15) is 9.90 Å². The largest absolute Gasteiger partial charge is 0.480 e. The number of carboxylic acid groups (broad SMARTS) is 1. The summed E-state index contributed by atoms with van der Waals surface area (Å²) in [5, 5.41) is 10.9. The molecule has 2 aromatic heterocycles. The molecule has 0 saturated carbocycles. The van der Waals surface area contributed by atoms with Crippen molar-refractivity contribution in [2.75, 3.05) is 6.54 Å². The number of nitrogens with zero attached hydrogens (tertiary/aromatic N) is 2. The Morgan fingerprint density at radius 3 is 2.88 bits per heavy atom. The van der Waals surface area contributed by atoms with Crippen LogP contribution < -0.4 is 0 Å². The summed E-state index contributed by atoms with van der Waals surface area (Å²) in [6, 6.07) is 14.0. The lowest BCUT2D eigenvalue weighted by Gasteiger charge is -2.38. The van der Waals surface area contributed by atoms with Crippen molar-refractivity contribution >= 4 is 27.4 Å². The van der Waals surface area contributed by atoms with E-state index < -0.39 is 12.0 Å². The van der Waals surface area contributed by atoms with Crippen molar-refractivity contribution in [3.8, 4) is 0 Å². The molecule has 1 aliphatic heterocycles. The van der Waals surface area contributed by atoms with Crippen LogP contribution >= 0.6 is 11.3 Å². The molecule has 0 amide bonds. The van der Waals surface area contributed by atoms with E-state index in [1.54, 1.807) is 17.5 Å². The second-order valence-corrected chi connectivity index (χ2v) is 7.58. The first-order valence-corrected chi connectivity index (χ1v) is 9.42. The molecule has 1 N–H and O–H groups in total. The SMILES string of the molecule is O=C(O)C1CCCCN1C(c1cccnc1)c1cc2ccccc2s1. The third-order valence-electron chi connectivity index (χ3n) is 4.88. The molecule has 128 valence electrons. The van der Waals surface area contributed by atoms with Gasteiger partial charge in [-0.1, -0.05) is 30.7 Å². The third-order valence-corrected chi connectivity index (χ3v) is 6.04. The molecule has 1 fully saturated rings. The number of hydrogen-bond acceptors (Lipinski definition) is 4. The van der Waals surface area contributed by atoms with Crippen LogP contribution in [0.4, 0.5) is 0 Å². The highest BCUT2D eigenvalue weighted by Crippen LogP contribution is 2.39. The number of aliphatic carboxylic acids is 1.